The van der Waals surface area contributed by atoms with Crippen molar-refractivity contribution in [3.8, 4) is 0 Å². The van der Waals surface area contributed by atoms with Gasteiger partial charge in [-0.1, -0.05) is 6.58 Å². The molecule has 0 aromatic carbocycles. The zero-order chi connectivity index (χ0) is 7.98. The van der Waals surface area contributed by atoms with Crippen LogP contribution in [-0.2, 0) is 4.84 Å². The van der Waals surface area contributed by atoms with Crippen molar-refractivity contribution in [1.82, 2.24) is 5.48 Å². The van der Waals surface area contributed by atoms with Crippen molar-refractivity contribution < 1.29 is 4.84 Å². The van der Waals surface area contributed by atoms with Crippen LogP contribution >= 0.6 is 0 Å². The molecule has 0 saturated carbocycles. The van der Waals surface area contributed by atoms with Crippen molar-refractivity contribution in [2.45, 2.75) is 13.8 Å². The molecule has 0 rings (SSSR count). The van der Waals surface area contributed by atoms with Gasteiger partial charge in [0, 0.05) is 18.3 Å². The highest BCUT2D eigenvalue weighted by Gasteiger charge is 1.86. The molecule has 58 valence electrons. The first-order chi connectivity index (χ1) is 4.66. The van der Waals surface area contributed by atoms with Crippen LogP contribution in [0.3, 0.4) is 0 Å². The second kappa shape index (κ2) is 4.88. The van der Waals surface area contributed by atoms with E-state index in [1.165, 1.54) is 0 Å². The molecule has 0 amide bonds. The fourth-order valence-corrected chi connectivity index (χ4v) is 0.477. The van der Waals surface area contributed by atoms with Crippen molar-refractivity contribution in [2.24, 2.45) is 5.73 Å². The molecule has 0 bridgehead atoms. The lowest BCUT2D eigenvalue weighted by Crippen LogP contribution is -2.12. The van der Waals surface area contributed by atoms with Crippen molar-refractivity contribution in [3.63, 3.8) is 0 Å². The maximum atomic E-state index is 5.29. The Morgan fingerprint density at radius 2 is 2.40 bits per heavy atom. The number of rotatable bonds is 4. The van der Waals surface area contributed by atoms with E-state index in [2.05, 4.69) is 12.1 Å². The predicted molar refractivity (Wildman–Crippen MR) is 41.8 cm³/mol. The maximum absolute atomic E-state index is 5.29. The van der Waals surface area contributed by atoms with Crippen molar-refractivity contribution in [1.29, 1.82) is 0 Å². The minimum atomic E-state index is 0.496. The minimum Gasteiger partial charge on any atom is -0.413 e. The topological polar surface area (TPSA) is 47.3 Å². The number of hydrogen-bond acceptors (Lipinski definition) is 3. The molecule has 3 heteroatoms. The molecular formula is C7H14N2O. The van der Waals surface area contributed by atoms with Gasteiger partial charge in [0.1, 0.15) is 5.76 Å². The Hall–Kier alpha value is -0.960. The van der Waals surface area contributed by atoms with Crippen LogP contribution in [-0.4, -0.2) is 6.54 Å². The van der Waals surface area contributed by atoms with E-state index in [0.29, 0.717) is 11.5 Å². The lowest BCUT2D eigenvalue weighted by Gasteiger charge is -2.03. The van der Waals surface area contributed by atoms with Gasteiger partial charge in [0.25, 0.3) is 0 Å². The maximum Gasteiger partial charge on any atom is 0.123 e. The van der Waals surface area contributed by atoms with Crippen LogP contribution in [0.4, 0.5) is 0 Å². The van der Waals surface area contributed by atoms with Crippen molar-refractivity contribution in [2.75, 3.05) is 6.54 Å². The van der Waals surface area contributed by atoms with E-state index in [-0.39, 0.29) is 0 Å². The Morgan fingerprint density at radius 3 is 2.80 bits per heavy atom. The normalized spacial score (nSPS) is 11.2. The third kappa shape index (κ3) is 5.18. The van der Waals surface area contributed by atoms with Gasteiger partial charge in [-0.25, -0.2) is 0 Å². The molecule has 0 aromatic heterocycles. The summed E-state index contributed by atoms with van der Waals surface area (Å²) in [6.07, 6.45) is 1.66. The van der Waals surface area contributed by atoms with Gasteiger partial charge in [-0.05, 0) is 13.8 Å². The van der Waals surface area contributed by atoms with E-state index in [4.69, 9.17) is 10.6 Å². The summed E-state index contributed by atoms with van der Waals surface area (Å²) in [5.74, 6) is 0.717. The predicted octanol–water partition coefficient (Wildman–Crippen LogP) is 0.904. The third-order valence-electron chi connectivity index (χ3n) is 0.766. The number of hydrogen-bond donors (Lipinski definition) is 2. The van der Waals surface area contributed by atoms with Crippen LogP contribution in [0.15, 0.2) is 24.1 Å². The molecule has 0 atom stereocenters. The van der Waals surface area contributed by atoms with Gasteiger partial charge in [0.15, 0.2) is 0 Å². The number of hydroxylamine groups is 1. The molecule has 0 spiro atoms. The molecule has 0 aromatic rings. The van der Waals surface area contributed by atoms with E-state index < -0.39 is 0 Å². The van der Waals surface area contributed by atoms with Gasteiger partial charge in [-0.3, -0.25) is 0 Å². The van der Waals surface area contributed by atoms with Crippen LogP contribution in [0.5, 0.6) is 0 Å². The lowest BCUT2D eigenvalue weighted by molar-refractivity contribution is 0.111. The van der Waals surface area contributed by atoms with E-state index in [0.717, 1.165) is 6.54 Å². The summed E-state index contributed by atoms with van der Waals surface area (Å²) in [7, 11) is 0. The van der Waals surface area contributed by atoms with Gasteiger partial charge < -0.3 is 10.6 Å². The molecule has 0 heterocycles. The summed E-state index contributed by atoms with van der Waals surface area (Å²) in [5, 5.41) is 0. The van der Waals surface area contributed by atoms with Crippen LogP contribution in [0, 0.1) is 0 Å². The molecule has 0 aliphatic rings. The molecule has 0 aliphatic carbocycles. The molecular weight excluding hydrogens is 128 g/mol. The fraction of sp³-hybridized carbons (Fsp3) is 0.429. The standard InChI is InChI=1S/C7H14N2O/c1-4-9-10-7(3)5-6(2)8/h5,9H,2,4,8H2,1,3H3/b7-5+. The first-order valence-electron chi connectivity index (χ1n) is 3.19. The number of allylic oxidation sites excluding steroid dienone is 2. The first kappa shape index (κ1) is 9.04. The molecule has 10 heavy (non-hydrogen) atoms. The van der Waals surface area contributed by atoms with E-state index in [1.54, 1.807) is 13.0 Å². The monoisotopic (exact) mass is 142 g/mol. The Labute approximate surface area is 61.5 Å². The lowest BCUT2D eigenvalue weighted by atomic mass is 10.4. The highest BCUT2D eigenvalue weighted by Crippen LogP contribution is 1.94. The van der Waals surface area contributed by atoms with Crippen LogP contribution in [0.25, 0.3) is 0 Å². The van der Waals surface area contributed by atoms with Crippen molar-refractivity contribution in [3.05, 3.63) is 24.1 Å². The minimum absolute atomic E-state index is 0.496. The summed E-state index contributed by atoms with van der Waals surface area (Å²) in [6, 6.07) is 0. The summed E-state index contributed by atoms with van der Waals surface area (Å²) < 4.78 is 0. The molecule has 0 saturated heterocycles. The van der Waals surface area contributed by atoms with Gasteiger partial charge in [-0.2, -0.15) is 5.48 Å². The summed E-state index contributed by atoms with van der Waals surface area (Å²) in [6.45, 7) is 8.02. The Balaban J connectivity index is 3.60. The largest absolute Gasteiger partial charge is 0.413 e. The highest BCUT2D eigenvalue weighted by atomic mass is 16.6. The van der Waals surface area contributed by atoms with Gasteiger partial charge in [0.05, 0.1) is 0 Å². The van der Waals surface area contributed by atoms with Crippen LogP contribution < -0.4 is 11.2 Å². The molecule has 0 aliphatic heterocycles. The number of nitrogens with one attached hydrogen (secondary N) is 1. The van der Waals surface area contributed by atoms with Gasteiger partial charge in [-0.15, -0.1) is 0 Å². The second-order valence-electron chi connectivity index (χ2n) is 1.93. The fourth-order valence-electron chi connectivity index (χ4n) is 0.477. The van der Waals surface area contributed by atoms with Crippen LogP contribution in [0.2, 0.25) is 0 Å². The first-order valence-corrected chi connectivity index (χ1v) is 3.19. The zero-order valence-electron chi connectivity index (χ0n) is 6.48. The van der Waals surface area contributed by atoms with E-state index in [1.807, 2.05) is 6.92 Å². The smallest absolute Gasteiger partial charge is 0.123 e. The molecule has 0 radical (unpaired) electrons. The summed E-state index contributed by atoms with van der Waals surface area (Å²) in [5.41, 5.74) is 8.47. The summed E-state index contributed by atoms with van der Waals surface area (Å²) in [4.78, 5) is 4.97. The highest BCUT2D eigenvalue weighted by molar-refractivity contribution is 5.12. The molecule has 0 fully saturated rings. The molecule has 3 N–H and O–H groups in total. The second-order valence-corrected chi connectivity index (χ2v) is 1.93. The SMILES string of the molecule is C=C(N)/C=C(\C)ONCC. The Morgan fingerprint density at radius 1 is 1.80 bits per heavy atom. The molecule has 0 unspecified atom stereocenters. The zero-order valence-corrected chi connectivity index (χ0v) is 6.48. The quantitative estimate of drug-likeness (QED) is 0.348. The third-order valence-corrected chi connectivity index (χ3v) is 0.766. The Bertz CT molecular complexity index is 141. The number of nitrogens with two attached hydrogens (primary N) is 1. The average Bonchev–Trinajstić information content (AvgIpc) is 1.82. The van der Waals surface area contributed by atoms with Crippen molar-refractivity contribution >= 4 is 0 Å². The van der Waals surface area contributed by atoms with E-state index in [9.17, 15) is 0 Å². The summed E-state index contributed by atoms with van der Waals surface area (Å²) >= 11 is 0. The van der Waals surface area contributed by atoms with E-state index >= 15 is 0 Å². The van der Waals surface area contributed by atoms with Crippen LogP contribution in [0.1, 0.15) is 13.8 Å². The average molecular weight is 142 g/mol. The van der Waals surface area contributed by atoms with Gasteiger partial charge in [0.2, 0.25) is 0 Å². The molecule has 3 nitrogen and oxygen atoms in total. The van der Waals surface area contributed by atoms with Gasteiger partial charge >= 0.3 is 0 Å². The Kier molecular flexibility index (Phi) is 4.41.